The molecule has 3 nitrogen and oxygen atoms in total. The maximum absolute atomic E-state index is 15.3. The molecule has 0 saturated heterocycles. The summed E-state index contributed by atoms with van der Waals surface area (Å²) in [6, 6.07) is 52.0. The third kappa shape index (κ3) is 4.83. The van der Waals surface area contributed by atoms with Gasteiger partial charge in [-0.05, 0) is 49.7 Å². The third-order valence-corrected chi connectivity index (χ3v) is 15.1. The molecule has 0 aliphatic rings. The van der Waals surface area contributed by atoms with Crippen molar-refractivity contribution in [3.8, 4) is 0 Å². The molecule has 0 aliphatic carbocycles. The van der Waals surface area contributed by atoms with Crippen molar-refractivity contribution in [1.82, 2.24) is 4.57 Å². The molecule has 222 valence electrons. The average Bonchev–Trinajstić information content (AvgIpc) is 3.45. The first kappa shape index (κ1) is 29.3. The zero-order valence-corrected chi connectivity index (χ0v) is 27.2. The first-order chi connectivity index (χ1) is 22.0. The van der Waals surface area contributed by atoms with Gasteiger partial charge in [0, 0.05) is 59.7 Å². The summed E-state index contributed by atoms with van der Waals surface area (Å²) in [5, 5.41) is 6.83. The normalized spacial score (nSPS) is 12.8. The van der Waals surface area contributed by atoms with E-state index in [1.807, 2.05) is 133 Å². The number of benzene rings is 6. The SMILES string of the molecule is CCC(C)n1c2ccc(P(=O)(c3ccccc3)c3ccccc3)cc2c2cc(P(=O)(c3ccccc3)c3ccccc3)ccc21. The summed E-state index contributed by atoms with van der Waals surface area (Å²) in [4.78, 5) is 0. The number of hydrogen-bond donors (Lipinski definition) is 0. The van der Waals surface area contributed by atoms with Gasteiger partial charge in [0.2, 0.25) is 0 Å². The summed E-state index contributed by atoms with van der Waals surface area (Å²) >= 11 is 0. The quantitative estimate of drug-likeness (QED) is 0.161. The Morgan fingerprint density at radius 3 is 1.07 bits per heavy atom. The van der Waals surface area contributed by atoms with Crippen molar-refractivity contribution >= 4 is 67.9 Å². The Bertz CT molecular complexity index is 1970. The van der Waals surface area contributed by atoms with Gasteiger partial charge in [0.25, 0.3) is 0 Å². The summed E-state index contributed by atoms with van der Waals surface area (Å²) in [5.41, 5.74) is 2.17. The van der Waals surface area contributed by atoms with Crippen LogP contribution >= 0.6 is 14.3 Å². The van der Waals surface area contributed by atoms with Gasteiger partial charge >= 0.3 is 0 Å². The number of fused-ring (bicyclic) bond motifs is 3. The van der Waals surface area contributed by atoms with Gasteiger partial charge in [-0.2, -0.15) is 0 Å². The Kier molecular flexibility index (Phi) is 7.70. The summed E-state index contributed by atoms with van der Waals surface area (Å²) in [5.74, 6) is 0. The van der Waals surface area contributed by atoms with E-state index in [9.17, 15) is 0 Å². The van der Waals surface area contributed by atoms with Gasteiger partial charge in [-0.15, -0.1) is 0 Å². The molecule has 0 bridgehead atoms. The Balaban J connectivity index is 1.53. The van der Waals surface area contributed by atoms with Gasteiger partial charge in [0.1, 0.15) is 0 Å². The Morgan fingerprint density at radius 1 is 0.467 bits per heavy atom. The van der Waals surface area contributed by atoms with E-state index in [1.165, 1.54) is 0 Å². The van der Waals surface area contributed by atoms with Crippen molar-refractivity contribution in [1.29, 1.82) is 0 Å². The Hall–Kier alpha value is -4.42. The van der Waals surface area contributed by atoms with E-state index in [4.69, 9.17) is 0 Å². The minimum absolute atomic E-state index is 0.242. The molecule has 7 rings (SSSR count). The van der Waals surface area contributed by atoms with Crippen molar-refractivity contribution in [2.75, 3.05) is 0 Å². The van der Waals surface area contributed by atoms with Crippen LogP contribution in [0.15, 0.2) is 158 Å². The molecule has 0 N–H and O–H groups in total. The Morgan fingerprint density at radius 2 is 0.778 bits per heavy atom. The third-order valence-electron chi connectivity index (χ3n) is 9.01. The van der Waals surface area contributed by atoms with Crippen molar-refractivity contribution in [3.05, 3.63) is 158 Å². The zero-order chi connectivity index (χ0) is 31.0. The first-order valence-electron chi connectivity index (χ1n) is 15.5. The van der Waals surface area contributed by atoms with E-state index in [1.54, 1.807) is 0 Å². The van der Waals surface area contributed by atoms with E-state index in [0.717, 1.165) is 60.1 Å². The van der Waals surface area contributed by atoms with E-state index < -0.39 is 14.3 Å². The van der Waals surface area contributed by atoms with Crippen molar-refractivity contribution in [2.45, 2.75) is 26.3 Å². The second kappa shape index (κ2) is 11.8. The molecular weight excluding hydrogens is 588 g/mol. The molecule has 0 fully saturated rings. The lowest BCUT2D eigenvalue weighted by atomic mass is 10.1. The fourth-order valence-electron chi connectivity index (χ4n) is 6.52. The van der Waals surface area contributed by atoms with Crippen LogP contribution in [0.5, 0.6) is 0 Å². The van der Waals surface area contributed by atoms with Crippen LogP contribution in [0.2, 0.25) is 0 Å². The molecule has 1 unspecified atom stereocenters. The van der Waals surface area contributed by atoms with Gasteiger partial charge in [0.05, 0.1) is 0 Å². The predicted molar refractivity (Wildman–Crippen MR) is 193 cm³/mol. The van der Waals surface area contributed by atoms with Crippen molar-refractivity contribution in [3.63, 3.8) is 0 Å². The van der Waals surface area contributed by atoms with Crippen LogP contribution in [0, 0.1) is 0 Å². The van der Waals surface area contributed by atoms with Crippen LogP contribution in [0.25, 0.3) is 21.8 Å². The van der Waals surface area contributed by atoms with Gasteiger partial charge in [0.15, 0.2) is 14.3 Å². The molecule has 0 amide bonds. The molecule has 0 radical (unpaired) electrons. The molecule has 7 aromatic rings. The molecule has 0 saturated carbocycles. The van der Waals surface area contributed by atoms with Crippen molar-refractivity contribution in [2.24, 2.45) is 0 Å². The van der Waals surface area contributed by atoms with E-state index in [0.29, 0.717) is 0 Å². The number of nitrogens with zero attached hydrogens (tertiary/aromatic N) is 1. The molecular formula is C40H35NO2P2. The van der Waals surface area contributed by atoms with Crippen LogP contribution < -0.4 is 31.8 Å². The van der Waals surface area contributed by atoms with Gasteiger partial charge in [-0.1, -0.05) is 128 Å². The smallest absolute Gasteiger partial charge is 0.171 e. The summed E-state index contributed by atoms with van der Waals surface area (Å²) in [6.07, 6.45) is 0.960. The highest BCUT2D eigenvalue weighted by Gasteiger charge is 2.32. The molecule has 5 heteroatoms. The molecule has 6 aromatic carbocycles. The van der Waals surface area contributed by atoms with Gasteiger partial charge < -0.3 is 13.7 Å². The molecule has 0 spiro atoms. The monoisotopic (exact) mass is 623 g/mol. The number of aromatic nitrogens is 1. The highest BCUT2D eigenvalue weighted by atomic mass is 31.2. The fourth-order valence-corrected chi connectivity index (χ4v) is 11.9. The maximum Gasteiger partial charge on any atom is 0.171 e. The van der Waals surface area contributed by atoms with Crippen molar-refractivity contribution < 1.29 is 9.13 Å². The van der Waals surface area contributed by atoms with E-state index >= 15 is 9.13 Å². The maximum atomic E-state index is 15.3. The molecule has 45 heavy (non-hydrogen) atoms. The van der Waals surface area contributed by atoms with Gasteiger partial charge in [-0.3, -0.25) is 0 Å². The summed E-state index contributed by atoms with van der Waals surface area (Å²) in [6.45, 7) is 4.43. The molecule has 1 aromatic heterocycles. The Labute approximate surface area is 264 Å². The van der Waals surface area contributed by atoms with Crippen LogP contribution in [0.4, 0.5) is 0 Å². The lowest BCUT2D eigenvalue weighted by molar-refractivity contribution is 0.563. The van der Waals surface area contributed by atoms with Crippen LogP contribution in [-0.4, -0.2) is 4.57 Å². The van der Waals surface area contributed by atoms with E-state index in [2.05, 4.69) is 42.7 Å². The topological polar surface area (TPSA) is 39.1 Å². The average molecular weight is 624 g/mol. The fraction of sp³-hybridized carbons (Fsp3) is 0.100. The van der Waals surface area contributed by atoms with Crippen LogP contribution in [-0.2, 0) is 9.13 Å². The summed E-state index contributed by atoms with van der Waals surface area (Å²) < 4.78 is 33.1. The lowest BCUT2D eigenvalue weighted by Gasteiger charge is -2.20. The minimum Gasteiger partial charge on any atom is -0.338 e. The first-order valence-corrected chi connectivity index (χ1v) is 18.9. The lowest BCUT2D eigenvalue weighted by Crippen LogP contribution is -2.25. The predicted octanol–water partition coefficient (Wildman–Crippen LogP) is 8.04. The largest absolute Gasteiger partial charge is 0.338 e. The minimum atomic E-state index is -3.18. The molecule has 0 aliphatic heterocycles. The van der Waals surface area contributed by atoms with Crippen LogP contribution in [0.1, 0.15) is 26.3 Å². The standard InChI is InChI=1S/C40H35NO2P2/c1-3-30(2)41-39-26-24-35(44(42,31-16-8-4-9-17-31)32-18-10-5-11-19-32)28-37(39)38-29-36(25-27-40(38)41)45(43,33-20-12-6-13-21-33)34-22-14-7-15-23-34/h4-30H,3H2,1-2H3. The molecule has 1 atom stereocenters. The van der Waals surface area contributed by atoms with Crippen LogP contribution in [0.3, 0.4) is 0 Å². The van der Waals surface area contributed by atoms with E-state index in [-0.39, 0.29) is 6.04 Å². The van der Waals surface area contributed by atoms with Gasteiger partial charge in [-0.25, -0.2) is 0 Å². The highest BCUT2D eigenvalue weighted by molar-refractivity contribution is 7.85. The highest BCUT2D eigenvalue weighted by Crippen LogP contribution is 2.46. The second-order valence-corrected chi connectivity index (χ2v) is 17.1. The zero-order valence-electron chi connectivity index (χ0n) is 25.5. The summed E-state index contributed by atoms with van der Waals surface area (Å²) in [7, 11) is -6.37. The molecule has 1 heterocycles. The number of rotatable bonds is 8. The number of hydrogen-bond acceptors (Lipinski definition) is 2. The second-order valence-electron chi connectivity index (χ2n) is 11.6.